The van der Waals surface area contributed by atoms with E-state index in [9.17, 15) is 9.18 Å². The molecule has 1 aliphatic carbocycles. The van der Waals surface area contributed by atoms with Crippen molar-refractivity contribution in [2.75, 3.05) is 13.7 Å². The molecular weight excluding hydrogens is 283 g/mol. The molecule has 6 heteroatoms. The Morgan fingerprint density at radius 2 is 2.30 bits per heavy atom. The van der Waals surface area contributed by atoms with Gasteiger partial charge in [0.05, 0.1) is 6.54 Å². The first-order valence-electron chi connectivity index (χ1n) is 6.54. The predicted octanol–water partition coefficient (Wildman–Crippen LogP) is 1.94. The van der Waals surface area contributed by atoms with Gasteiger partial charge in [-0.05, 0) is 25.0 Å². The maximum absolute atomic E-state index is 13.8. The Bertz CT molecular complexity index is 470. The first kappa shape index (κ1) is 15.2. The molecule has 110 valence electrons. The number of nitrogens with zero attached hydrogens (tertiary/aromatic N) is 1. The van der Waals surface area contributed by atoms with E-state index in [1.807, 2.05) is 0 Å². The van der Waals surface area contributed by atoms with Crippen molar-refractivity contribution in [1.82, 2.24) is 4.90 Å². The highest BCUT2D eigenvalue weighted by Gasteiger charge is 2.36. The van der Waals surface area contributed by atoms with E-state index >= 15 is 0 Å². The van der Waals surface area contributed by atoms with Crippen LogP contribution in [-0.4, -0.2) is 36.6 Å². The van der Waals surface area contributed by atoms with Crippen molar-refractivity contribution >= 4 is 17.5 Å². The van der Waals surface area contributed by atoms with E-state index in [0.717, 1.165) is 12.8 Å². The van der Waals surface area contributed by atoms with Crippen LogP contribution >= 0.6 is 11.6 Å². The van der Waals surface area contributed by atoms with Crippen LogP contribution in [0.3, 0.4) is 0 Å². The second-order valence-electron chi connectivity index (χ2n) is 4.86. The molecule has 1 amide bonds. The lowest BCUT2D eigenvalue weighted by atomic mass is 10.1. The lowest BCUT2D eigenvalue weighted by molar-refractivity contribution is -0.142. The van der Waals surface area contributed by atoms with E-state index < -0.39 is 11.9 Å². The third-order valence-electron chi connectivity index (χ3n) is 3.43. The van der Waals surface area contributed by atoms with Gasteiger partial charge in [0, 0.05) is 30.3 Å². The molecule has 2 rings (SSSR count). The zero-order chi connectivity index (χ0) is 14.7. The Balaban J connectivity index is 2.20. The molecule has 0 saturated heterocycles. The molecule has 1 unspecified atom stereocenters. The van der Waals surface area contributed by atoms with Crippen LogP contribution in [0.25, 0.3) is 0 Å². The summed E-state index contributed by atoms with van der Waals surface area (Å²) in [5.41, 5.74) is 5.86. The van der Waals surface area contributed by atoms with Gasteiger partial charge in [0.15, 0.2) is 0 Å². The summed E-state index contributed by atoms with van der Waals surface area (Å²) >= 11 is 6.02. The highest BCUT2D eigenvalue weighted by Crippen LogP contribution is 2.31. The van der Waals surface area contributed by atoms with Gasteiger partial charge in [-0.15, -0.1) is 0 Å². The normalized spacial score (nSPS) is 16.0. The fraction of sp³-hybridized carbons (Fsp3) is 0.500. The number of hydrogen-bond acceptors (Lipinski definition) is 3. The number of amides is 1. The van der Waals surface area contributed by atoms with Crippen LogP contribution in [0.2, 0.25) is 5.02 Å². The van der Waals surface area contributed by atoms with Gasteiger partial charge in [-0.25, -0.2) is 4.39 Å². The Hall–Kier alpha value is -1.17. The van der Waals surface area contributed by atoms with Crippen LogP contribution in [0.5, 0.6) is 0 Å². The topological polar surface area (TPSA) is 55.6 Å². The number of carbonyl (C=O) groups is 1. The molecule has 20 heavy (non-hydrogen) atoms. The number of carbonyl (C=O) groups excluding carboxylic acids is 1. The Morgan fingerprint density at radius 3 is 2.80 bits per heavy atom. The zero-order valence-electron chi connectivity index (χ0n) is 11.3. The maximum atomic E-state index is 13.8. The largest absolute Gasteiger partial charge is 0.370 e. The maximum Gasteiger partial charge on any atom is 0.253 e. The standard InChI is InChI=1S/C14H18ClFN2O2/c1-20-13(7-17)14(19)18(9-5-6-9)8-10-11(15)3-2-4-12(10)16/h2-4,9,13H,5-8,17H2,1H3. The molecule has 1 aromatic rings. The molecule has 0 bridgehead atoms. The van der Waals surface area contributed by atoms with Crippen LogP contribution in [0.1, 0.15) is 18.4 Å². The van der Waals surface area contributed by atoms with Crippen molar-refractivity contribution in [3.8, 4) is 0 Å². The summed E-state index contributed by atoms with van der Waals surface area (Å²) in [4.78, 5) is 14.0. The van der Waals surface area contributed by atoms with Gasteiger partial charge in [-0.2, -0.15) is 0 Å². The second-order valence-corrected chi connectivity index (χ2v) is 5.26. The first-order chi connectivity index (χ1) is 9.58. The molecule has 1 aliphatic rings. The van der Waals surface area contributed by atoms with E-state index in [1.54, 1.807) is 17.0 Å². The average molecular weight is 301 g/mol. The number of nitrogens with two attached hydrogens (primary N) is 1. The summed E-state index contributed by atoms with van der Waals surface area (Å²) in [6.45, 7) is 0.248. The molecule has 0 aliphatic heterocycles. The van der Waals surface area contributed by atoms with Gasteiger partial charge in [-0.1, -0.05) is 17.7 Å². The average Bonchev–Trinajstić information content (AvgIpc) is 3.24. The molecular formula is C14H18ClFN2O2. The fourth-order valence-electron chi connectivity index (χ4n) is 2.11. The molecule has 0 heterocycles. The van der Waals surface area contributed by atoms with Crippen molar-refractivity contribution in [3.63, 3.8) is 0 Å². The minimum atomic E-state index is -0.693. The summed E-state index contributed by atoms with van der Waals surface area (Å²) in [6.07, 6.45) is 1.14. The number of hydrogen-bond donors (Lipinski definition) is 1. The molecule has 1 atom stereocenters. The summed E-state index contributed by atoms with van der Waals surface area (Å²) in [5.74, 6) is -0.616. The molecule has 0 radical (unpaired) electrons. The lowest BCUT2D eigenvalue weighted by Gasteiger charge is -2.26. The highest BCUT2D eigenvalue weighted by atomic mass is 35.5. The zero-order valence-corrected chi connectivity index (χ0v) is 12.1. The minimum absolute atomic E-state index is 0.101. The van der Waals surface area contributed by atoms with Gasteiger partial charge < -0.3 is 15.4 Å². The van der Waals surface area contributed by atoms with E-state index in [-0.39, 0.29) is 25.0 Å². The molecule has 0 spiro atoms. The third kappa shape index (κ3) is 3.29. The van der Waals surface area contributed by atoms with Crippen molar-refractivity contribution in [2.24, 2.45) is 5.73 Å². The van der Waals surface area contributed by atoms with Crippen LogP contribution in [-0.2, 0) is 16.1 Å². The first-order valence-corrected chi connectivity index (χ1v) is 6.92. The quantitative estimate of drug-likeness (QED) is 0.873. The summed E-state index contributed by atoms with van der Waals surface area (Å²) < 4.78 is 18.9. The van der Waals surface area contributed by atoms with Crippen molar-refractivity contribution in [1.29, 1.82) is 0 Å². The van der Waals surface area contributed by atoms with Gasteiger partial charge in [0.25, 0.3) is 5.91 Å². The van der Waals surface area contributed by atoms with Gasteiger partial charge in [0.2, 0.25) is 0 Å². The van der Waals surface area contributed by atoms with Crippen LogP contribution in [0.15, 0.2) is 18.2 Å². The number of ether oxygens (including phenoxy) is 1. The monoisotopic (exact) mass is 300 g/mol. The van der Waals surface area contributed by atoms with Crippen molar-refractivity contribution in [2.45, 2.75) is 31.5 Å². The molecule has 4 nitrogen and oxygen atoms in total. The predicted molar refractivity (Wildman–Crippen MR) is 74.8 cm³/mol. The number of methoxy groups -OCH3 is 1. The number of halogens is 2. The second kappa shape index (κ2) is 6.52. The molecule has 0 aromatic heterocycles. The van der Waals surface area contributed by atoms with E-state index in [2.05, 4.69) is 0 Å². The molecule has 1 aromatic carbocycles. The van der Waals surface area contributed by atoms with E-state index in [4.69, 9.17) is 22.1 Å². The van der Waals surface area contributed by atoms with Crippen LogP contribution in [0, 0.1) is 5.82 Å². The molecule has 2 N–H and O–H groups in total. The summed E-state index contributed by atoms with van der Waals surface area (Å²) in [6, 6.07) is 4.63. The Kier molecular flexibility index (Phi) is 4.96. The third-order valence-corrected chi connectivity index (χ3v) is 3.79. The fourth-order valence-corrected chi connectivity index (χ4v) is 2.33. The van der Waals surface area contributed by atoms with Crippen LogP contribution < -0.4 is 5.73 Å². The van der Waals surface area contributed by atoms with Crippen molar-refractivity contribution < 1.29 is 13.9 Å². The van der Waals surface area contributed by atoms with Crippen molar-refractivity contribution in [3.05, 3.63) is 34.6 Å². The van der Waals surface area contributed by atoms with E-state index in [0.29, 0.717) is 10.6 Å². The van der Waals surface area contributed by atoms with Gasteiger partial charge in [0.1, 0.15) is 11.9 Å². The van der Waals surface area contributed by atoms with Gasteiger partial charge >= 0.3 is 0 Å². The summed E-state index contributed by atoms with van der Waals surface area (Å²) in [5, 5.41) is 0.324. The molecule has 1 fully saturated rings. The number of benzene rings is 1. The van der Waals surface area contributed by atoms with E-state index in [1.165, 1.54) is 13.2 Å². The minimum Gasteiger partial charge on any atom is -0.370 e. The van der Waals surface area contributed by atoms with Gasteiger partial charge in [-0.3, -0.25) is 4.79 Å². The lowest BCUT2D eigenvalue weighted by Crippen LogP contribution is -2.44. The highest BCUT2D eigenvalue weighted by molar-refractivity contribution is 6.31. The Labute approximate surface area is 122 Å². The smallest absolute Gasteiger partial charge is 0.253 e. The number of rotatable bonds is 6. The molecule has 1 saturated carbocycles. The van der Waals surface area contributed by atoms with Crippen LogP contribution in [0.4, 0.5) is 4.39 Å². The Morgan fingerprint density at radius 1 is 1.60 bits per heavy atom. The summed E-state index contributed by atoms with van der Waals surface area (Å²) in [7, 11) is 1.44. The SMILES string of the molecule is COC(CN)C(=O)N(Cc1c(F)cccc1Cl)C1CC1.